The van der Waals surface area contributed by atoms with E-state index in [2.05, 4.69) is 38.2 Å². The van der Waals surface area contributed by atoms with Crippen molar-refractivity contribution in [1.29, 1.82) is 0 Å². The lowest BCUT2D eigenvalue weighted by atomic mass is 10.1. The van der Waals surface area contributed by atoms with E-state index in [9.17, 15) is 4.79 Å². The average Bonchev–Trinajstić information content (AvgIpc) is 2.64. The van der Waals surface area contributed by atoms with Gasteiger partial charge in [-0.05, 0) is 34.7 Å². The first-order chi connectivity index (χ1) is 6.72. The number of benzene rings is 1. The Morgan fingerprint density at radius 2 is 2.36 bits per heavy atom. The van der Waals surface area contributed by atoms with Crippen LogP contribution in [0.3, 0.4) is 0 Å². The van der Waals surface area contributed by atoms with Gasteiger partial charge in [-0.25, -0.2) is 10.2 Å². The summed E-state index contributed by atoms with van der Waals surface area (Å²) in [4.78, 5) is 11.3. The van der Waals surface area contributed by atoms with Crippen molar-refractivity contribution in [2.45, 2.75) is 6.54 Å². The Morgan fingerprint density at radius 1 is 1.57 bits per heavy atom. The Balaban J connectivity index is 2.46. The molecule has 1 aliphatic heterocycles. The first-order valence-corrected chi connectivity index (χ1v) is 5.20. The van der Waals surface area contributed by atoms with Crippen molar-refractivity contribution in [2.75, 3.05) is 12.5 Å². The van der Waals surface area contributed by atoms with Crippen LogP contribution >= 0.6 is 22.6 Å². The molecule has 1 aromatic rings. The van der Waals surface area contributed by atoms with Gasteiger partial charge in [-0.2, -0.15) is 0 Å². The number of rotatable bonds is 1. The summed E-state index contributed by atoms with van der Waals surface area (Å²) in [5, 5.41) is 0. The highest BCUT2D eigenvalue weighted by Crippen LogP contribution is 2.27. The SMILES string of the molecule is COC(=O)c1cc(I)c2c(c1)NNC2. The van der Waals surface area contributed by atoms with Gasteiger partial charge in [0.05, 0.1) is 18.4 Å². The lowest BCUT2D eigenvalue weighted by Gasteiger charge is -2.04. The highest BCUT2D eigenvalue weighted by molar-refractivity contribution is 14.1. The van der Waals surface area contributed by atoms with Crippen LogP contribution in [0.4, 0.5) is 5.69 Å². The van der Waals surface area contributed by atoms with Crippen LogP contribution in [-0.4, -0.2) is 13.1 Å². The molecule has 2 N–H and O–H groups in total. The lowest BCUT2D eigenvalue weighted by molar-refractivity contribution is 0.0600. The minimum absolute atomic E-state index is 0.306. The van der Waals surface area contributed by atoms with Crippen LogP contribution in [0.25, 0.3) is 0 Å². The second-order valence-corrected chi connectivity index (χ2v) is 4.12. The zero-order valence-electron chi connectivity index (χ0n) is 7.56. The first-order valence-electron chi connectivity index (χ1n) is 4.12. The maximum Gasteiger partial charge on any atom is 0.337 e. The Kier molecular flexibility index (Phi) is 2.60. The van der Waals surface area contributed by atoms with Gasteiger partial charge in [0.1, 0.15) is 0 Å². The fraction of sp³-hybridized carbons (Fsp3) is 0.222. The van der Waals surface area contributed by atoms with Gasteiger partial charge in [-0.15, -0.1) is 0 Å². The summed E-state index contributed by atoms with van der Waals surface area (Å²) in [6.45, 7) is 0.787. The summed E-state index contributed by atoms with van der Waals surface area (Å²) in [5.41, 5.74) is 8.73. The van der Waals surface area contributed by atoms with Gasteiger partial charge in [0, 0.05) is 15.7 Å². The van der Waals surface area contributed by atoms with Crippen molar-refractivity contribution in [2.24, 2.45) is 0 Å². The third kappa shape index (κ3) is 1.57. The van der Waals surface area contributed by atoms with E-state index >= 15 is 0 Å². The maximum atomic E-state index is 11.3. The number of methoxy groups -OCH3 is 1. The Labute approximate surface area is 95.1 Å². The molecule has 0 bridgehead atoms. The normalized spacial score (nSPS) is 13.3. The molecule has 0 spiro atoms. The summed E-state index contributed by atoms with van der Waals surface area (Å²) in [5.74, 6) is -0.306. The second-order valence-electron chi connectivity index (χ2n) is 2.95. The predicted molar refractivity (Wildman–Crippen MR) is 61.0 cm³/mol. The highest BCUT2D eigenvalue weighted by atomic mass is 127. The minimum Gasteiger partial charge on any atom is -0.465 e. The van der Waals surface area contributed by atoms with Gasteiger partial charge in [-0.1, -0.05) is 0 Å². The fourth-order valence-corrected chi connectivity index (χ4v) is 2.21. The molecule has 2 rings (SSSR count). The van der Waals surface area contributed by atoms with Crippen LogP contribution in [0.15, 0.2) is 12.1 Å². The van der Waals surface area contributed by atoms with Gasteiger partial charge in [0.25, 0.3) is 0 Å². The number of hydrazine groups is 1. The molecule has 0 fully saturated rings. The van der Waals surface area contributed by atoms with E-state index in [1.54, 1.807) is 6.07 Å². The summed E-state index contributed by atoms with van der Waals surface area (Å²) in [6, 6.07) is 3.63. The smallest absolute Gasteiger partial charge is 0.337 e. The number of carbonyl (C=O) groups is 1. The number of esters is 1. The van der Waals surface area contributed by atoms with E-state index in [4.69, 9.17) is 0 Å². The molecule has 0 aromatic heterocycles. The number of carbonyl (C=O) groups excluding carboxylic acids is 1. The predicted octanol–water partition coefficient (Wildman–Crippen LogP) is 1.51. The number of anilines is 1. The molecule has 0 saturated carbocycles. The number of nitrogens with one attached hydrogen (secondary N) is 2. The van der Waals surface area contributed by atoms with E-state index in [1.165, 1.54) is 12.7 Å². The number of fused-ring (bicyclic) bond motifs is 1. The molecule has 5 heteroatoms. The van der Waals surface area contributed by atoms with Crippen molar-refractivity contribution < 1.29 is 9.53 Å². The summed E-state index contributed by atoms with van der Waals surface area (Å²) >= 11 is 2.21. The third-order valence-corrected chi connectivity index (χ3v) is 3.07. The largest absolute Gasteiger partial charge is 0.465 e. The first kappa shape index (κ1) is 9.72. The van der Waals surface area contributed by atoms with Crippen molar-refractivity contribution in [3.8, 4) is 0 Å². The number of halogens is 1. The average molecular weight is 304 g/mol. The Morgan fingerprint density at radius 3 is 3.07 bits per heavy atom. The van der Waals surface area contributed by atoms with Crippen molar-refractivity contribution >= 4 is 34.2 Å². The van der Waals surface area contributed by atoms with Crippen LogP contribution in [0, 0.1) is 3.57 Å². The van der Waals surface area contributed by atoms with Crippen LogP contribution in [0.2, 0.25) is 0 Å². The van der Waals surface area contributed by atoms with Crippen molar-refractivity contribution in [3.05, 3.63) is 26.8 Å². The third-order valence-electron chi connectivity index (χ3n) is 2.10. The molecule has 1 aromatic carbocycles. The maximum absolute atomic E-state index is 11.3. The van der Waals surface area contributed by atoms with Gasteiger partial charge < -0.3 is 10.2 Å². The molecule has 1 heterocycles. The molecule has 0 amide bonds. The number of hydrogen-bond acceptors (Lipinski definition) is 4. The molecule has 0 unspecified atom stereocenters. The summed E-state index contributed by atoms with van der Waals surface area (Å²) in [7, 11) is 1.38. The zero-order valence-corrected chi connectivity index (χ0v) is 9.71. The molecular weight excluding hydrogens is 295 g/mol. The topological polar surface area (TPSA) is 50.4 Å². The second kappa shape index (κ2) is 3.74. The van der Waals surface area contributed by atoms with E-state index in [0.717, 1.165) is 15.8 Å². The molecule has 0 saturated heterocycles. The van der Waals surface area contributed by atoms with E-state index in [0.29, 0.717) is 5.56 Å². The number of hydrogen-bond donors (Lipinski definition) is 2. The summed E-state index contributed by atoms with van der Waals surface area (Å²) < 4.78 is 5.73. The highest BCUT2D eigenvalue weighted by Gasteiger charge is 2.16. The molecular formula is C9H9IN2O2. The van der Waals surface area contributed by atoms with Gasteiger partial charge in [0.15, 0.2) is 0 Å². The Hall–Kier alpha value is -0.820. The summed E-state index contributed by atoms with van der Waals surface area (Å²) in [6.07, 6.45) is 0. The Bertz CT molecular complexity index is 393. The quantitative estimate of drug-likeness (QED) is 0.610. The molecule has 0 radical (unpaired) electrons. The van der Waals surface area contributed by atoms with Crippen LogP contribution in [-0.2, 0) is 11.3 Å². The monoisotopic (exact) mass is 304 g/mol. The van der Waals surface area contributed by atoms with Crippen LogP contribution in [0.5, 0.6) is 0 Å². The minimum atomic E-state index is -0.306. The van der Waals surface area contributed by atoms with Crippen LogP contribution in [0.1, 0.15) is 15.9 Å². The lowest BCUT2D eigenvalue weighted by Crippen LogP contribution is -2.11. The molecule has 0 aliphatic carbocycles. The molecule has 14 heavy (non-hydrogen) atoms. The molecule has 74 valence electrons. The van der Waals surface area contributed by atoms with Crippen molar-refractivity contribution in [3.63, 3.8) is 0 Å². The van der Waals surface area contributed by atoms with E-state index < -0.39 is 0 Å². The van der Waals surface area contributed by atoms with E-state index in [-0.39, 0.29) is 5.97 Å². The molecule has 0 atom stereocenters. The number of ether oxygens (including phenoxy) is 1. The van der Waals surface area contributed by atoms with Crippen molar-refractivity contribution in [1.82, 2.24) is 5.43 Å². The standard InChI is InChI=1S/C9H9IN2O2/c1-14-9(13)5-2-7(10)6-4-11-12-8(6)3-5/h2-3,11-12H,4H2,1H3. The van der Waals surface area contributed by atoms with Gasteiger partial charge in [0.2, 0.25) is 0 Å². The molecule has 4 nitrogen and oxygen atoms in total. The van der Waals surface area contributed by atoms with Gasteiger partial charge in [-0.3, -0.25) is 0 Å². The zero-order chi connectivity index (χ0) is 10.1. The van der Waals surface area contributed by atoms with Gasteiger partial charge >= 0.3 is 5.97 Å². The van der Waals surface area contributed by atoms with E-state index in [1.807, 2.05) is 6.07 Å². The molecule has 1 aliphatic rings. The fourth-order valence-electron chi connectivity index (χ4n) is 1.39. The van der Waals surface area contributed by atoms with Crippen LogP contribution < -0.4 is 10.9 Å².